The summed E-state index contributed by atoms with van der Waals surface area (Å²) in [5.41, 5.74) is 1.04. The quantitative estimate of drug-likeness (QED) is 0.781. The van der Waals surface area contributed by atoms with Gasteiger partial charge in [0, 0.05) is 5.56 Å². The maximum atomic E-state index is 12.2. The summed E-state index contributed by atoms with van der Waals surface area (Å²) in [4.78, 5) is 11.8. The summed E-state index contributed by atoms with van der Waals surface area (Å²) in [6, 6.07) is 7.15. The average Bonchev–Trinajstić information content (AvgIpc) is 2.76. The van der Waals surface area contributed by atoms with Gasteiger partial charge in [0.05, 0.1) is 11.9 Å². The lowest BCUT2D eigenvalue weighted by Crippen LogP contribution is -2.33. The van der Waals surface area contributed by atoms with Gasteiger partial charge >= 0.3 is 5.97 Å². The predicted octanol–water partition coefficient (Wildman–Crippen LogP) is 1.87. The fourth-order valence-corrected chi connectivity index (χ4v) is 2.34. The Bertz CT molecular complexity index is 589. The van der Waals surface area contributed by atoms with E-state index in [1.54, 1.807) is 18.2 Å². The van der Waals surface area contributed by atoms with Gasteiger partial charge in [-0.15, -0.1) is 0 Å². The van der Waals surface area contributed by atoms with Crippen LogP contribution < -0.4 is 4.74 Å². The van der Waals surface area contributed by atoms with Gasteiger partial charge in [-0.1, -0.05) is 12.1 Å². The molecule has 5 nitrogen and oxygen atoms in total. The van der Waals surface area contributed by atoms with Gasteiger partial charge in [-0.25, -0.2) is 9.00 Å². The summed E-state index contributed by atoms with van der Waals surface area (Å²) in [6.45, 7) is 5.46. The molecule has 1 aromatic rings. The Morgan fingerprint density at radius 1 is 1.35 bits per heavy atom. The van der Waals surface area contributed by atoms with E-state index >= 15 is 0 Å². The number of benzene rings is 1. The number of hydrogen-bond donors (Lipinski definition) is 0. The molecule has 108 valence electrons. The highest BCUT2D eigenvalue weighted by Crippen LogP contribution is 2.30. The van der Waals surface area contributed by atoms with Gasteiger partial charge in [0.15, 0.2) is 0 Å². The number of carbonyl (C=O) groups excluding carboxylic acids is 1. The smallest absolute Gasteiger partial charge is 0.353 e. The molecule has 6 heteroatoms. The van der Waals surface area contributed by atoms with Gasteiger partial charge in [-0.3, -0.25) is 0 Å². The summed E-state index contributed by atoms with van der Waals surface area (Å²) in [5, 5.41) is 0. The summed E-state index contributed by atoms with van der Waals surface area (Å²) in [7, 11) is -0.189. The molecule has 1 aliphatic rings. The first-order chi connectivity index (χ1) is 9.34. The van der Waals surface area contributed by atoms with Crippen LogP contribution in [-0.4, -0.2) is 33.9 Å². The van der Waals surface area contributed by atoms with Gasteiger partial charge in [0.1, 0.15) is 22.4 Å². The first-order valence-electron chi connectivity index (χ1n) is 6.19. The molecular weight excluding hydrogens is 278 g/mol. The third-order valence-corrected chi connectivity index (χ3v) is 4.19. The zero-order chi connectivity index (χ0) is 14.9. The molecule has 0 N–H and O–H groups in total. The molecule has 1 aliphatic heterocycles. The number of para-hydroxylation sites is 1. The highest BCUT2D eigenvalue weighted by Gasteiger charge is 2.38. The lowest BCUT2D eigenvalue weighted by atomic mass is 10.1. The Labute approximate surface area is 120 Å². The Balaban J connectivity index is 2.47. The Morgan fingerprint density at radius 2 is 2.00 bits per heavy atom. The second-order valence-corrected chi connectivity index (χ2v) is 7.26. The van der Waals surface area contributed by atoms with Crippen molar-refractivity contribution < 1.29 is 18.5 Å². The van der Waals surface area contributed by atoms with Gasteiger partial charge < -0.3 is 9.47 Å². The molecule has 0 aromatic heterocycles. The van der Waals surface area contributed by atoms with Crippen LogP contribution in [0.4, 0.5) is 0 Å². The molecule has 2 rings (SSSR count). The number of ether oxygens (including phenoxy) is 2. The van der Waals surface area contributed by atoms with E-state index in [1.807, 2.05) is 26.8 Å². The molecule has 0 spiro atoms. The first kappa shape index (κ1) is 14.7. The van der Waals surface area contributed by atoms with Crippen LogP contribution >= 0.6 is 0 Å². The highest BCUT2D eigenvalue weighted by atomic mass is 32.2. The normalized spacial score (nSPS) is 21.2. The van der Waals surface area contributed by atoms with Gasteiger partial charge in [0.25, 0.3) is 0 Å². The van der Waals surface area contributed by atoms with E-state index in [0.29, 0.717) is 17.0 Å². The van der Waals surface area contributed by atoms with Crippen molar-refractivity contribution in [2.45, 2.75) is 31.6 Å². The highest BCUT2D eigenvalue weighted by molar-refractivity contribution is 7.85. The van der Waals surface area contributed by atoms with E-state index in [2.05, 4.69) is 4.40 Å². The molecule has 0 radical (unpaired) electrons. The third kappa shape index (κ3) is 2.75. The molecule has 0 saturated carbocycles. The lowest BCUT2D eigenvalue weighted by Gasteiger charge is -2.15. The summed E-state index contributed by atoms with van der Waals surface area (Å²) in [6.07, 6.45) is -0.955. The van der Waals surface area contributed by atoms with Crippen LogP contribution in [0.2, 0.25) is 0 Å². The molecule has 0 fully saturated rings. The predicted molar refractivity (Wildman–Crippen MR) is 77.3 cm³/mol. The number of esters is 1. The molecule has 1 heterocycles. The minimum Gasteiger partial charge on any atom is -0.472 e. The van der Waals surface area contributed by atoms with Crippen LogP contribution in [0.5, 0.6) is 5.75 Å². The maximum absolute atomic E-state index is 12.2. The summed E-state index contributed by atoms with van der Waals surface area (Å²) >= 11 is 0. The molecule has 0 amide bonds. The van der Waals surface area contributed by atoms with E-state index in [-0.39, 0.29) is 0 Å². The number of rotatable bonds is 2. The minimum absolute atomic E-state index is 0.362. The first-order valence-corrected chi connectivity index (χ1v) is 7.29. The maximum Gasteiger partial charge on any atom is 0.353 e. The fourth-order valence-electron chi connectivity index (χ4n) is 1.70. The van der Waals surface area contributed by atoms with E-state index < -0.39 is 27.8 Å². The molecule has 2 atom stereocenters. The Kier molecular flexibility index (Phi) is 3.94. The van der Waals surface area contributed by atoms with E-state index in [9.17, 15) is 9.00 Å². The molecule has 0 bridgehead atoms. The van der Waals surface area contributed by atoms with Gasteiger partial charge in [-0.2, -0.15) is 4.40 Å². The average molecular weight is 295 g/mol. The van der Waals surface area contributed by atoms with Crippen LogP contribution in [0.1, 0.15) is 26.3 Å². The Hall–Kier alpha value is -1.69. The largest absolute Gasteiger partial charge is 0.472 e. The van der Waals surface area contributed by atoms with Gasteiger partial charge in [0.2, 0.25) is 6.10 Å². The molecule has 20 heavy (non-hydrogen) atoms. The van der Waals surface area contributed by atoms with Crippen LogP contribution in [-0.2, 0) is 20.5 Å². The van der Waals surface area contributed by atoms with Crippen molar-refractivity contribution in [2.75, 3.05) is 7.11 Å². The molecule has 1 aromatic carbocycles. The number of hydrogen-bond acceptors (Lipinski definition) is 4. The topological polar surface area (TPSA) is 65.0 Å². The van der Waals surface area contributed by atoms with Crippen molar-refractivity contribution >= 4 is 22.7 Å². The SMILES string of the molecule is COC(=O)[C@H]1Oc2ccccc2C1=N[S@@](=O)C(C)(C)C. The number of methoxy groups -OCH3 is 1. The molecular formula is C14H17NO4S. The summed E-state index contributed by atoms with van der Waals surface area (Å²) in [5.74, 6) is -0.00146. The van der Waals surface area contributed by atoms with E-state index in [4.69, 9.17) is 9.47 Å². The summed E-state index contributed by atoms with van der Waals surface area (Å²) < 4.78 is 26.2. The Morgan fingerprint density at radius 3 is 2.60 bits per heavy atom. The third-order valence-electron chi connectivity index (χ3n) is 2.78. The standard InChI is InChI=1S/C14H17NO4S/c1-14(2,3)20(17)15-11-9-7-5-6-8-10(9)19-12(11)13(16)18-4/h5-8,12H,1-4H3/t12-,20-/m0/s1. The van der Waals surface area contributed by atoms with Crippen molar-refractivity contribution in [1.29, 1.82) is 0 Å². The second kappa shape index (κ2) is 5.36. The zero-order valence-electron chi connectivity index (χ0n) is 11.9. The van der Waals surface area contributed by atoms with E-state index in [1.165, 1.54) is 7.11 Å². The van der Waals surface area contributed by atoms with Crippen molar-refractivity contribution in [2.24, 2.45) is 4.40 Å². The van der Waals surface area contributed by atoms with Crippen molar-refractivity contribution in [3.8, 4) is 5.75 Å². The number of fused-ring (bicyclic) bond motifs is 1. The zero-order valence-corrected chi connectivity index (χ0v) is 12.7. The lowest BCUT2D eigenvalue weighted by molar-refractivity contribution is -0.145. The van der Waals surface area contributed by atoms with Gasteiger partial charge in [-0.05, 0) is 32.9 Å². The molecule has 0 saturated heterocycles. The monoisotopic (exact) mass is 295 g/mol. The van der Waals surface area contributed by atoms with Crippen LogP contribution in [0, 0.1) is 0 Å². The van der Waals surface area contributed by atoms with Crippen LogP contribution in [0.15, 0.2) is 28.7 Å². The molecule has 0 unspecified atom stereocenters. The van der Waals surface area contributed by atoms with Crippen LogP contribution in [0.25, 0.3) is 0 Å². The van der Waals surface area contributed by atoms with E-state index in [0.717, 1.165) is 0 Å². The van der Waals surface area contributed by atoms with Crippen molar-refractivity contribution in [3.63, 3.8) is 0 Å². The second-order valence-electron chi connectivity index (χ2n) is 5.36. The number of carbonyl (C=O) groups is 1. The van der Waals surface area contributed by atoms with Crippen LogP contribution in [0.3, 0.4) is 0 Å². The fraction of sp³-hybridized carbons (Fsp3) is 0.429. The molecule has 0 aliphatic carbocycles. The van der Waals surface area contributed by atoms with Crippen molar-refractivity contribution in [1.82, 2.24) is 0 Å². The van der Waals surface area contributed by atoms with Crippen molar-refractivity contribution in [3.05, 3.63) is 29.8 Å². The minimum atomic E-state index is -1.47. The number of nitrogens with zero attached hydrogens (tertiary/aromatic N) is 1.